The van der Waals surface area contributed by atoms with Crippen molar-refractivity contribution >= 4 is 11.5 Å². The van der Waals surface area contributed by atoms with E-state index in [0.717, 1.165) is 13.0 Å². The van der Waals surface area contributed by atoms with E-state index in [1.165, 1.54) is 24.3 Å². The molecule has 1 aromatic carbocycles. The number of alkyl halides is 7. The second-order valence-corrected chi connectivity index (χ2v) is 4.58. The van der Waals surface area contributed by atoms with Crippen LogP contribution in [0.25, 0.3) is 0 Å². The number of para-hydroxylation sites is 1. The third-order valence-electron chi connectivity index (χ3n) is 2.86. The van der Waals surface area contributed by atoms with Gasteiger partial charge in [0.25, 0.3) is 5.78 Å². The summed E-state index contributed by atoms with van der Waals surface area (Å²) in [5.74, 6) is -15.7. The maximum absolute atomic E-state index is 13.4. The van der Waals surface area contributed by atoms with E-state index in [1.807, 2.05) is 0 Å². The standard InChI is InChI=1S/C14H9F7N2O/c1-8(23-9-5-3-2-4-6-9)10(7-22)11(24)12(15,16)13(17,18)14(19,20)21/h2-6,23H,1H3/b10-8-. The number of ketones is 1. The van der Waals surface area contributed by atoms with Gasteiger partial charge in [0.15, 0.2) is 0 Å². The maximum atomic E-state index is 13.4. The van der Waals surface area contributed by atoms with Crippen LogP contribution in [-0.2, 0) is 4.79 Å². The van der Waals surface area contributed by atoms with Crippen molar-refractivity contribution in [3.05, 3.63) is 41.6 Å². The van der Waals surface area contributed by atoms with Crippen LogP contribution in [0.15, 0.2) is 41.6 Å². The second kappa shape index (κ2) is 6.51. The molecule has 0 heterocycles. The quantitative estimate of drug-likeness (QED) is 0.487. The third kappa shape index (κ3) is 3.50. The molecule has 0 aliphatic rings. The first-order valence-electron chi connectivity index (χ1n) is 6.16. The second-order valence-electron chi connectivity index (χ2n) is 4.58. The summed E-state index contributed by atoms with van der Waals surface area (Å²) < 4.78 is 88.9. The van der Waals surface area contributed by atoms with Gasteiger partial charge in [-0.25, -0.2) is 0 Å². The zero-order valence-electron chi connectivity index (χ0n) is 11.9. The lowest BCUT2D eigenvalue weighted by Gasteiger charge is -2.27. The molecule has 0 saturated heterocycles. The number of hydrogen-bond acceptors (Lipinski definition) is 3. The van der Waals surface area contributed by atoms with Crippen LogP contribution in [0.4, 0.5) is 36.4 Å². The molecule has 0 radical (unpaired) electrons. The highest BCUT2D eigenvalue weighted by Gasteiger charge is 2.76. The lowest BCUT2D eigenvalue weighted by molar-refractivity contribution is -0.342. The van der Waals surface area contributed by atoms with Crippen LogP contribution in [0.2, 0.25) is 0 Å². The van der Waals surface area contributed by atoms with Gasteiger partial charge in [0.1, 0.15) is 11.6 Å². The summed E-state index contributed by atoms with van der Waals surface area (Å²) >= 11 is 0. The Kier molecular flexibility index (Phi) is 5.28. The van der Waals surface area contributed by atoms with Crippen molar-refractivity contribution in [1.82, 2.24) is 0 Å². The van der Waals surface area contributed by atoms with Crippen molar-refractivity contribution in [2.45, 2.75) is 24.9 Å². The molecule has 0 unspecified atom stereocenters. The molecular weight excluding hydrogens is 345 g/mol. The Balaban J connectivity index is 3.27. The molecule has 1 N–H and O–H groups in total. The van der Waals surface area contributed by atoms with Gasteiger partial charge in [-0.2, -0.15) is 36.0 Å². The molecule has 0 aliphatic carbocycles. The highest BCUT2D eigenvalue weighted by molar-refractivity contribution is 6.05. The van der Waals surface area contributed by atoms with Gasteiger partial charge in [-0.05, 0) is 19.1 Å². The molecule has 0 fully saturated rings. The van der Waals surface area contributed by atoms with Gasteiger partial charge in [0.05, 0.1) is 0 Å². The van der Waals surface area contributed by atoms with Gasteiger partial charge in [-0.3, -0.25) is 4.79 Å². The summed E-state index contributed by atoms with van der Waals surface area (Å²) in [6.45, 7) is 0.922. The Morgan fingerprint density at radius 1 is 1.04 bits per heavy atom. The largest absolute Gasteiger partial charge is 0.460 e. The van der Waals surface area contributed by atoms with Crippen LogP contribution in [0.3, 0.4) is 0 Å². The minimum atomic E-state index is -6.66. The van der Waals surface area contributed by atoms with E-state index in [-0.39, 0.29) is 5.69 Å². The monoisotopic (exact) mass is 354 g/mol. The van der Waals surface area contributed by atoms with Crippen molar-refractivity contribution < 1.29 is 35.5 Å². The van der Waals surface area contributed by atoms with E-state index in [1.54, 1.807) is 6.07 Å². The van der Waals surface area contributed by atoms with Crippen LogP contribution < -0.4 is 5.32 Å². The SMILES string of the molecule is C/C(Nc1ccccc1)=C(\C#N)C(=O)C(F)(F)C(F)(F)C(F)(F)F. The van der Waals surface area contributed by atoms with E-state index >= 15 is 0 Å². The molecule has 3 nitrogen and oxygen atoms in total. The van der Waals surface area contributed by atoms with E-state index < -0.39 is 35.1 Å². The molecule has 0 aliphatic heterocycles. The summed E-state index contributed by atoms with van der Waals surface area (Å²) in [5, 5.41) is 11.1. The van der Waals surface area contributed by atoms with Gasteiger partial charge in [-0.1, -0.05) is 18.2 Å². The van der Waals surface area contributed by atoms with Gasteiger partial charge >= 0.3 is 18.0 Å². The number of allylic oxidation sites excluding steroid dienone is 2. The first kappa shape index (κ1) is 19.5. The highest BCUT2D eigenvalue weighted by Crippen LogP contribution is 2.47. The van der Waals surface area contributed by atoms with Gasteiger partial charge in [0, 0.05) is 11.4 Å². The van der Waals surface area contributed by atoms with Crippen molar-refractivity contribution in [1.29, 1.82) is 5.26 Å². The number of carbonyl (C=O) groups is 1. The van der Waals surface area contributed by atoms with E-state index in [0.29, 0.717) is 0 Å². The number of nitrogens with one attached hydrogen (secondary N) is 1. The predicted octanol–water partition coefficient (Wildman–Crippen LogP) is 4.30. The number of carbonyl (C=O) groups excluding carboxylic acids is 1. The number of halogens is 7. The minimum absolute atomic E-state index is 0.210. The van der Waals surface area contributed by atoms with Crippen molar-refractivity contribution in [2.75, 3.05) is 5.32 Å². The Bertz CT molecular complexity index is 687. The summed E-state index contributed by atoms with van der Waals surface area (Å²) in [7, 11) is 0. The fourth-order valence-corrected chi connectivity index (χ4v) is 1.58. The number of anilines is 1. The summed E-state index contributed by atoms with van der Waals surface area (Å²) in [6.07, 6.45) is -6.66. The lowest BCUT2D eigenvalue weighted by atomic mass is 9.99. The molecule has 1 rings (SSSR count). The predicted molar refractivity (Wildman–Crippen MR) is 69.3 cm³/mol. The maximum Gasteiger partial charge on any atom is 0.460 e. The molecule has 24 heavy (non-hydrogen) atoms. The highest BCUT2D eigenvalue weighted by atomic mass is 19.4. The van der Waals surface area contributed by atoms with Crippen molar-refractivity contribution in [3.63, 3.8) is 0 Å². The van der Waals surface area contributed by atoms with Crippen molar-refractivity contribution in [3.8, 4) is 6.07 Å². The molecule has 1 aromatic rings. The van der Waals surface area contributed by atoms with Gasteiger partial charge < -0.3 is 5.32 Å². The van der Waals surface area contributed by atoms with Crippen LogP contribution in [-0.4, -0.2) is 23.8 Å². The molecule has 0 atom stereocenters. The topological polar surface area (TPSA) is 52.9 Å². The van der Waals surface area contributed by atoms with Gasteiger partial charge in [-0.15, -0.1) is 0 Å². The number of nitrogens with zero attached hydrogens (tertiary/aromatic N) is 1. The lowest BCUT2D eigenvalue weighted by Crippen LogP contribution is -2.56. The molecule has 0 bridgehead atoms. The molecule has 10 heteroatoms. The van der Waals surface area contributed by atoms with E-state index in [9.17, 15) is 35.5 Å². The Morgan fingerprint density at radius 2 is 1.54 bits per heavy atom. The van der Waals surface area contributed by atoms with Gasteiger partial charge in [0.2, 0.25) is 0 Å². The zero-order chi connectivity index (χ0) is 18.8. The number of Topliss-reactive ketones (excluding diaryl/α,β-unsaturated/α-hetero) is 1. The molecular formula is C14H9F7N2O. The number of benzene rings is 1. The Hall–Kier alpha value is -2.57. The smallest absolute Gasteiger partial charge is 0.358 e. The third-order valence-corrected chi connectivity index (χ3v) is 2.86. The van der Waals surface area contributed by atoms with Crippen LogP contribution in [0.5, 0.6) is 0 Å². The van der Waals surface area contributed by atoms with Crippen LogP contribution in [0.1, 0.15) is 6.92 Å². The molecule has 0 spiro atoms. The summed E-state index contributed by atoms with van der Waals surface area (Å²) in [4.78, 5) is 11.5. The normalized spacial score (nSPS) is 13.8. The Labute approximate surface area is 131 Å². The first-order valence-corrected chi connectivity index (χ1v) is 6.16. The molecule has 0 saturated carbocycles. The van der Waals surface area contributed by atoms with Crippen LogP contribution in [0, 0.1) is 11.3 Å². The summed E-state index contributed by atoms with van der Waals surface area (Å²) in [5.41, 5.74) is -1.92. The fraction of sp³-hybridized carbons (Fsp3) is 0.286. The number of nitriles is 1. The van der Waals surface area contributed by atoms with Crippen LogP contribution >= 0.6 is 0 Å². The van der Waals surface area contributed by atoms with E-state index in [2.05, 4.69) is 5.32 Å². The number of hydrogen-bond donors (Lipinski definition) is 1. The zero-order valence-corrected chi connectivity index (χ0v) is 11.9. The number of rotatable bonds is 5. The van der Waals surface area contributed by atoms with Crippen molar-refractivity contribution in [2.24, 2.45) is 0 Å². The first-order chi connectivity index (χ1) is 10.9. The van der Waals surface area contributed by atoms with E-state index in [4.69, 9.17) is 5.26 Å². The molecule has 0 aromatic heterocycles. The molecule has 0 amide bonds. The average Bonchev–Trinajstić information content (AvgIpc) is 2.47. The summed E-state index contributed by atoms with van der Waals surface area (Å²) in [6, 6.07) is 8.30. The molecule has 130 valence electrons. The Morgan fingerprint density at radius 3 is 1.96 bits per heavy atom. The fourth-order valence-electron chi connectivity index (χ4n) is 1.58. The minimum Gasteiger partial charge on any atom is -0.358 e. The average molecular weight is 354 g/mol.